The summed E-state index contributed by atoms with van der Waals surface area (Å²) < 4.78 is 22.0. The minimum Gasteiger partial charge on any atom is -0.385 e. The van der Waals surface area contributed by atoms with Crippen LogP contribution in [0.15, 0.2) is 35.5 Å². The Morgan fingerprint density at radius 1 is 1.29 bits per heavy atom. The molecule has 0 aromatic heterocycles. The van der Waals surface area contributed by atoms with Crippen molar-refractivity contribution in [3.8, 4) is 0 Å². The summed E-state index contributed by atoms with van der Waals surface area (Å²) in [6, 6.07) is 8.41. The van der Waals surface area contributed by atoms with Crippen LogP contribution in [-0.2, 0) is 18.9 Å². The van der Waals surface area contributed by atoms with Crippen LogP contribution in [0.25, 0.3) is 0 Å². The molecular formula is C14H17NO6. The quantitative estimate of drug-likeness (QED) is 0.836. The van der Waals surface area contributed by atoms with Gasteiger partial charge in [0.2, 0.25) is 0 Å². The maximum Gasteiger partial charge on any atom is 0.185 e. The number of hydrogen-bond donors (Lipinski definition) is 1. The Hall–Kier alpha value is -1.38. The molecule has 3 rings (SSSR count). The number of rotatable bonds is 3. The van der Waals surface area contributed by atoms with E-state index in [0.717, 1.165) is 5.56 Å². The monoisotopic (exact) mass is 295 g/mol. The first-order valence-electron chi connectivity index (χ1n) is 6.75. The van der Waals surface area contributed by atoms with Gasteiger partial charge >= 0.3 is 0 Å². The molecule has 2 aliphatic rings. The van der Waals surface area contributed by atoms with Crippen molar-refractivity contribution in [1.29, 1.82) is 0 Å². The van der Waals surface area contributed by atoms with Gasteiger partial charge in [0, 0.05) is 12.7 Å². The molecule has 0 amide bonds. The molecule has 6 unspecified atom stereocenters. The molecule has 1 aromatic carbocycles. The van der Waals surface area contributed by atoms with E-state index in [2.05, 4.69) is 5.18 Å². The van der Waals surface area contributed by atoms with E-state index in [9.17, 15) is 10.0 Å². The predicted molar refractivity (Wildman–Crippen MR) is 71.3 cm³/mol. The second kappa shape index (κ2) is 6.17. The molecular weight excluding hydrogens is 278 g/mol. The molecule has 0 spiro atoms. The summed E-state index contributed by atoms with van der Waals surface area (Å²) in [5, 5.41) is 13.1. The third-order valence-electron chi connectivity index (χ3n) is 3.76. The number of nitroso groups, excluding NO2 is 1. The molecule has 2 fully saturated rings. The summed E-state index contributed by atoms with van der Waals surface area (Å²) in [6.07, 6.45) is -3.84. The van der Waals surface area contributed by atoms with Crippen LogP contribution in [0.1, 0.15) is 11.9 Å². The van der Waals surface area contributed by atoms with Crippen molar-refractivity contribution in [3.63, 3.8) is 0 Å². The SMILES string of the molecule is COC1OC2COC(c3ccccc3)OC2C(N=O)C1O. The van der Waals surface area contributed by atoms with Crippen molar-refractivity contribution < 1.29 is 24.1 Å². The third-order valence-corrected chi connectivity index (χ3v) is 3.76. The Morgan fingerprint density at radius 2 is 2.05 bits per heavy atom. The Kier molecular flexibility index (Phi) is 4.27. The lowest BCUT2D eigenvalue weighted by molar-refractivity contribution is -0.337. The van der Waals surface area contributed by atoms with Crippen molar-refractivity contribution in [2.45, 2.75) is 36.9 Å². The largest absolute Gasteiger partial charge is 0.385 e. The first-order chi connectivity index (χ1) is 10.2. The van der Waals surface area contributed by atoms with Crippen molar-refractivity contribution in [2.75, 3.05) is 13.7 Å². The predicted octanol–water partition coefficient (Wildman–Crippen LogP) is 0.968. The first-order valence-corrected chi connectivity index (χ1v) is 6.75. The molecule has 6 atom stereocenters. The zero-order valence-corrected chi connectivity index (χ0v) is 11.5. The fourth-order valence-electron chi connectivity index (χ4n) is 2.67. The number of aliphatic hydroxyl groups excluding tert-OH is 1. The number of fused-ring (bicyclic) bond motifs is 1. The smallest absolute Gasteiger partial charge is 0.185 e. The Morgan fingerprint density at radius 3 is 2.71 bits per heavy atom. The van der Waals surface area contributed by atoms with Gasteiger partial charge in [0.1, 0.15) is 18.3 Å². The van der Waals surface area contributed by atoms with Gasteiger partial charge in [0.05, 0.1) is 6.61 Å². The normalized spacial score (nSPS) is 39.5. The lowest BCUT2D eigenvalue weighted by Crippen LogP contribution is -2.61. The van der Waals surface area contributed by atoms with Crippen molar-refractivity contribution in [3.05, 3.63) is 40.8 Å². The van der Waals surface area contributed by atoms with Crippen LogP contribution >= 0.6 is 0 Å². The summed E-state index contributed by atoms with van der Waals surface area (Å²) in [7, 11) is 1.40. The molecule has 2 heterocycles. The minimum atomic E-state index is -1.16. The molecule has 0 bridgehead atoms. The fourth-order valence-corrected chi connectivity index (χ4v) is 2.67. The summed E-state index contributed by atoms with van der Waals surface area (Å²) in [5.74, 6) is 0. The zero-order valence-electron chi connectivity index (χ0n) is 11.5. The van der Waals surface area contributed by atoms with E-state index in [1.807, 2.05) is 30.3 Å². The number of nitrogens with zero attached hydrogens (tertiary/aromatic N) is 1. The second-order valence-corrected chi connectivity index (χ2v) is 5.04. The number of benzene rings is 1. The number of aliphatic hydroxyl groups is 1. The molecule has 21 heavy (non-hydrogen) atoms. The summed E-state index contributed by atoms with van der Waals surface area (Å²) in [5.41, 5.74) is 0.837. The van der Waals surface area contributed by atoms with Gasteiger partial charge in [-0.2, -0.15) is 4.91 Å². The highest BCUT2D eigenvalue weighted by molar-refractivity contribution is 5.16. The minimum absolute atomic E-state index is 0.239. The maximum atomic E-state index is 11.1. The van der Waals surface area contributed by atoms with Crippen molar-refractivity contribution >= 4 is 0 Å². The molecule has 2 saturated heterocycles. The molecule has 2 aliphatic heterocycles. The lowest BCUT2D eigenvalue weighted by Gasteiger charge is -2.45. The summed E-state index contributed by atoms with van der Waals surface area (Å²) in [4.78, 5) is 11.1. The molecule has 7 nitrogen and oxygen atoms in total. The van der Waals surface area contributed by atoms with Crippen molar-refractivity contribution in [2.24, 2.45) is 5.18 Å². The number of hydrogen-bond acceptors (Lipinski definition) is 7. The summed E-state index contributed by atoms with van der Waals surface area (Å²) >= 11 is 0. The van der Waals surface area contributed by atoms with Crippen LogP contribution in [0, 0.1) is 4.91 Å². The Bertz CT molecular complexity index is 484. The molecule has 1 N–H and O–H groups in total. The van der Waals surface area contributed by atoms with Crippen LogP contribution in [0.5, 0.6) is 0 Å². The van der Waals surface area contributed by atoms with E-state index in [1.54, 1.807) is 0 Å². The van der Waals surface area contributed by atoms with Gasteiger partial charge < -0.3 is 24.1 Å². The standard InChI is InChI=1S/C14H17NO6/c1-18-14-11(16)10(15-17)12-9(20-14)7-19-13(21-12)8-5-3-2-4-6-8/h2-6,9-14,16H,7H2,1H3. The van der Waals surface area contributed by atoms with Gasteiger partial charge in [-0.1, -0.05) is 35.5 Å². The van der Waals surface area contributed by atoms with Crippen LogP contribution in [0.3, 0.4) is 0 Å². The molecule has 114 valence electrons. The van der Waals surface area contributed by atoms with Gasteiger partial charge in [-0.05, 0) is 0 Å². The van der Waals surface area contributed by atoms with Crippen LogP contribution in [-0.4, -0.2) is 49.5 Å². The van der Waals surface area contributed by atoms with Gasteiger partial charge in [-0.25, -0.2) is 0 Å². The molecule has 0 radical (unpaired) electrons. The van der Waals surface area contributed by atoms with Crippen molar-refractivity contribution in [1.82, 2.24) is 0 Å². The molecule has 7 heteroatoms. The average molecular weight is 295 g/mol. The lowest BCUT2D eigenvalue weighted by atomic mass is 9.96. The fraction of sp³-hybridized carbons (Fsp3) is 0.571. The highest BCUT2D eigenvalue weighted by Crippen LogP contribution is 2.35. The van der Waals surface area contributed by atoms with Gasteiger partial charge in [0.25, 0.3) is 0 Å². The molecule has 1 aromatic rings. The van der Waals surface area contributed by atoms with E-state index in [4.69, 9.17) is 18.9 Å². The Balaban J connectivity index is 1.79. The Labute approximate surface area is 121 Å². The van der Waals surface area contributed by atoms with E-state index in [1.165, 1.54) is 7.11 Å². The summed E-state index contributed by atoms with van der Waals surface area (Å²) in [6.45, 7) is 0.239. The second-order valence-electron chi connectivity index (χ2n) is 5.04. The van der Waals surface area contributed by atoms with Gasteiger partial charge in [-0.15, -0.1) is 0 Å². The first kappa shape index (κ1) is 14.6. The molecule has 0 saturated carbocycles. The molecule has 0 aliphatic carbocycles. The van der Waals surface area contributed by atoms with Crippen LogP contribution < -0.4 is 0 Å². The number of methoxy groups -OCH3 is 1. The van der Waals surface area contributed by atoms with E-state index in [0.29, 0.717) is 0 Å². The van der Waals surface area contributed by atoms with E-state index < -0.39 is 36.9 Å². The van der Waals surface area contributed by atoms with Gasteiger partial charge in [-0.3, -0.25) is 0 Å². The number of ether oxygens (including phenoxy) is 4. The zero-order chi connectivity index (χ0) is 14.8. The highest BCUT2D eigenvalue weighted by Gasteiger charge is 2.50. The van der Waals surface area contributed by atoms with E-state index in [-0.39, 0.29) is 6.61 Å². The van der Waals surface area contributed by atoms with Gasteiger partial charge in [0.15, 0.2) is 18.6 Å². The van der Waals surface area contributed by atoms with E-state index >= 15 is 0 Å². The average Bonchev–Trinajstić information content (AvgIpc) is 2.54. The highest BCUT2D eigenvalue weighted by atomic mass is 16.7. The van der Waals surface area contributed by atoms with Crippen LogP contribution in [0.4, 0.5) is 0 Å². The maximum absolute atomic E-state index is 11.1. The topological polar surface area (TPSA) is 86.6 Å². The third kappa shape index (κ3) is 2.70. The van der Waals surface area contributed by atoms with Crippen LogP contribution in [0.2, 0.25) is 0 Å².